The summed E-state index contributed by atoms with van der Waals surface area (Å²) in [5, 5.41) is 6.59. The Morgan fingerprint density at radius 1 is 1.29 bits per heavy atom. The first kappa shape index (κ1) is 12.0. The van der Waals surface area contributed by atoms with Crippen LogP contribution >= 0.6 is 11.3 Å². The molecule has 1 aromatic heterocycles. The highest BCUT2D eigenvalue weighted by Crippen LogP contribution is 2.21. The summed E-state index contributed by atoms with van der Waals surface area (Å²) in [6.07, 6.45) is 2.92. The summed E-state index contributed by atoms with van der Waals surface area (Å²) >= 11 is 1.70. The normalized spacial score (nSPS) is 10.4. The second kappa shape index (κ2) is 6.33. The van der Waals surface area contributed by atoms with Gasteiger partial charge in [-0.15, -0.1) is 17.9 Å². The van der Waals surface area contributed by atoms with Gasteiger partial charge >= 0.3 is 0 Å². The van der Waals surface area contributed by atoms with E-state index in [2.05, 4.69) is 34.4 Å². The maximum Gasteiger partial charge on any atom is 0.107 e. The third kappa shape index (κ3) is 3.51. The number of hydrogen-bond acceptors (Lipinski definition) is 3. The van der Waals surface area contributed by atoms with Crippen LogP contribution in [0.3, 0.4) is 0 Å². The van der Waals surface area contributed by atoms with Gasteiger partial charge < -0.3 is 5.32 Å². The number of benzene rings is 1. The molecule has 1 heterocycles. The minimum atomic E-state index is 0.839. The van der Waals surface area contributed by atoms with E-state index in [1.165, 1.54) is 5.56 Å². The van der Waals surface area contributed by atoms with E-state index >= 15 is 0 Å². The molecule has 17 heavy (non-hydrogen) atoms. The SMILES string of the molecule is C=CCCNCc1nc(-c2ccccc2)cs1. The predicted molar refractivity (Wildman–Crippen MR) is 74.1 cm³/mol. The Hall–Kier alpha value is -1.45. The van der Waals surface area contributed by atoms with E-state index in [1.807, 2.05) is 24.3 Å². The van der Waals surface area contributed by atoms with E-state index in [4.69, 9.17) is 0 Å². The molecule has 2 nitrogen and oxygen atoms in total. The number of hydrogen-bond donors (Lipinski definition) is 1. The van der Waals surface area contributed by atoms with E-state index in [1.54, 1.807) is 11.3 Å². The standard InChI is InChI=1S/C14H16N2S/c1-2-3-9-15-10-14-16-13(11-17-14)12-7-5-4-6-8-12/h2,4-8,11,15H,1,3,9-10H2. The second-order valence-electron chi connectivity index (χ2n) is 3.75. The summed E-state index contributed by atoms with van der Waals surface area (Å²) in [5.74, 6) is 0. The Morgan fingerprint density at radius 2 is 2.12 bits per heavy atom. The van der Waals surface area contributed by atoms with Crippen molar-refractivity contribution in [1.29, 1.82) is 0 Å². The van der Waals surface area contributed by atoms with E-state index in [-0.39, 0.29) is 0 Å². The van der Waals surface area contributed by atoms with E-state index in [0.29, 0.717) is 0 Å². The molecule has 0 bridgehead atoms. The van der Waals surface area contributed by atoms with Crippen molar-refractivity contribution in [3.63, 3.8) is 0 Å². The molecule has 0 saturated carbocycles. The van der Waals surface area contributed by atoms with Crippen LogP contribution in [0.15, 0.2) is 48.4 Å². The number of thiazole rings is 1. The molecular weight excluding hydrogens is 228 g/mol. The summed E-state index contributed by atoms with van der Waals surface area (Å²) in [6, 6.07) is 10.3. The lowest BCUT2D eigenvalue weighted by molar-refractivity contribution is 0.693. The summed E-state index contributed by atoms with van der Waals surface area (Å²) in [4.78, 5) is 4.61. The van der Waals surface area contributed by atoms with E-state index in [9.17, 15) is 0 Å². The zero-order chi connectivity index (χ0) is 11.9. The Balaban J connectivity index is 1.94. The van der Waals surface area contributed by atoms with Crippen LogP contribution in [-0.2, 0) is 6.54 Å². The molecule has 0 aliphatic carbocycles. The zero-order valence-corrected chi connectivity index (χ0v) is 10.5. The zero-order valence-electron chi connectivity index (χ0n) is 9.73. The number of nitrogens with one attached hydrogen (secondary N) is 1. The van der Waals surface area contributed by atoms with Crippen molar-refractivity contribution in [1.82, 2.24) is 10.3 Å². The number of aromatic nitrogens is 1. The molecule has 0 unspecified atom stereocenters. The monoisotopic (exact) mass is 244 g/mol. The lowest BCUT2D eigenvalue weighted by Gasteiger charge is -1.98. The van der Waals surface area contributed by atoms with Gasteiger partial charge in [-0.25, -0.2) is 4.98 Å². The first-order valence-electron chi connectivity index (χ1n) is 5.71. The molecule has 1 aromatic carbocycles. The molecule has 0 saturated heterocycles. The number of nitrogens with zero attached hydrogens (tertiary/aromatic N) is 1. The molecule has 0 amide bonds. The second-order valence-corrected chi connectivity index (χ2v) is 4.69. The Bertz CT molecular complexity index is 462. The average molecular weight is 244 g/mol. The average Bonchev–Trinajstić information content (AvgIpc) is 2.85. The lowest BCUT2D eigenvalue weighted by atomic mass is 10.2. The third-order valence-electron chi connectivity index (χ3n) is 2.42. The summed E-state index contributed by atoms with van der Waals surface area (Å²) in [6.45, 7) is 5.50. The maximum atomic E-state index is 4.61. The fraction of sp³-hybridized carbons (Fsp3) is 0.214. The molecule has 0 radical (unpaired) electrons. The molecule has 2 rings (SSSR count). The minimum absolute atomic E-state index is 0.839. The van der Waals surface area contributed by atoms with Crippen molar-refractivity contribution in [3.05, 3.63) is 53.4 Å². The van der Waals surface area contributed by atoms with Crippen molar-refractivity contribution in [2.75, 3.05) is 6.54 Å². The van der Waals surface area contributed by atoms with Crippen molar-refractivity contribution in [2.45, 2.75) is 13.0 Å². The maximum absolute atomic E-state index is 4.61. The highest BCUT2D eigenvalue weighted by atomic mass is 32.1. The molecule has 3 heteroatoms. The molecule has 0 aliphatic rings. The van der Waals surface area contributed by atoms with Crippen LogP contribution < -0.4 is 5.32 Å². The van der Waals surface area contributed by atoms with Crippen LogP contribution in [-0.4, -0.2) is 11.5 Å². The smallest absolute Gasteiger partial charge is 0.107 e. The lowest BCUT2D eigenvalue weighted by Crippen LogP contribution is -2.13. The van der Waals surface area contributed by atoms with Crippen LogP contribution in [0.2, 0.25) is 0 Å². The Labute approximate surface area is 106 Å². The van der Waals surface area contributed by atoms with Gasteiger partial charge in [-0.3, -0.25) is 0 Å². The van der Waals surface area contributed by atoms with Crippen LogP contribution in [0.4, 0.5) is 0 Å². The van der Waals surface area contributed by atoms with Gasteiger partial charge in [-0.2, -0.15) is 0 Å². The van der Waals surface area contributed by atoms with Crippen LogP contribution in [0.5, 0.6) is 0 Å². The van der Waals surface area contributed by atoms with Gasteiger partial charge in [0, 0.05) is 17.5 Å². The molecular formula is C14H16N2S. The molecule has 2 aromatic rings. The molecule has 88 valence electrons. The number of rotatable bonds is 6. The largest absolute Gasteiger partial charge is 0.310 e. The molecule has 0 spiro atoms. The first-order valence-corrected chi connectivity index (χ1v) is 6.59. The predicted octanol–water partition coefficient (Wildman–Crippen LogP) is 3.48. The Morgan fingerprint density at radius 3 is 2.88 bits per heavy atom. The molecule has 1 N–H and O–H groups in total. The fourth-order valence-corrected chi connectivity index (χ4v) is 2.31. The molecule has 0 aliphatic heterocycles. The van der Waals surface area contributed by atoms with Gasteiger partial charge in [0.25, 0.3) is 0 Å². The van der Waals surface area contributed by atoms with Gasteiger partial charge in [0.1, 0.15) is 5.01 Å². The van der Waals surface area contributed by atoms with Gasteiger partial charge in [0.2, 0.25) is 0 Å². The van der Waals surface area contributed by atoms with Crippen molar-refractivity contribution in [2.24, 2.45) is 0 Å². The highest BCUT2D eigenvalue weighted by Gasteiger charge is 2.03. The van der Waals surface area contributed by atoms with Gasteiger partial charge in [-0.1, -0.05) is 36.4 Å². The minimum Gasteiger partial charge on any atom is -0.310 e. The summed E-state index contributed by atoms with van der Waals surface area (Å²) in [5.41, 5.74) is 2.25. The highest BCUT2D eigenvalue weighted by molar-refractivity contribution is 7.09. The summed E-state index contributed by atoms with van der Waals surface area (Å²) in [7, 11) is 0. The van der Waals surface area contributed by atoms with E-state index < -0.39 is 0 Å². The van der Waals surface area contributed by atoms with E-state index in [0.717, 1.165) is 30.2 Å². The first-order chi connectivity index (χ1) is 8.40. The van der Waals surface area contributed by atoms with Crippen molar-refractivity contribution < 1.29 is 0 Å². The van der Waals surface area contributed by atoms with Crippen molar-refractivity contribution >= 4 is 11.3 Å². The van der Waals surface area contributed by atoms with Crippen LogP contribution in [0.1, 0.15) is 11.4 Å². The van der Waals surface area contributed by atoms with Gasteiger partial charge in [0.05, 0.1) is 5.69 Å². The van der Waals surface area contributed by atoms with Gasteiger partial charge in [0.15, 0.2) is 0 Å². The quantitative estimate of drug-likeness (QED) is 0.621. The van der Waals surface area contributed by atoms with Crippen LogP contribution in [0, 0.1) is 0 Å². The van der Waals surface area contributed by atoms with Crippen molar-refractivity contribution in [3.8, 4) is 11.3 Å². The van der Waals surface area contributed by atoms with Crippen LogP contribution in [0.25, 0.3) is 11.3 Å². The molecule has 0 fully saturated rings. The van der Waals surface area contributed by atoms with Gasteiger partial charge in [-0.05, 0) is 13.0 Å². The Kier molecular flexibility index (Phi) is 4.47. The fourth-order valence-electron chi connectivity index (χ4n) is 1.53. The third-order valence-corrected chi connectivity index (χ3v) is 3.27. The topological polar surface area (TPSA) is 24.9 Å². The summed E-state index contributed by atoms with van der Waals surface area (Å²) < 4.78 is 0. The molecule has 0 atom stereocenters.